The highest BCUT2D eigenvalue weighted by atomic mass is 16.1. The molecule has 0 aliphatic heterocycles. The van der Waals surface area contributed by atoms with Gasteiger partial charge in [0.15, 0.2) is 5.96 Å². The van der Waals surface area contributed by atoms with Crippen molar-refractivity contribution < 1.29 is 4.79 Å². The molecule has 4 N–H and O–H groups in total. The summed E-state index contributed by atoms with van der Waals surface area (Å²) in [6.07, 6.45) is 8.16. The van der Waals surface area contributed by atoms with E-state index in [2.05, 4.69) is 15.6 Å². The quantitative estimate of drug-likeness (QED) is 0.410. The number of guanidine groups is 1. The van der Waals surface area contributed by atoms with Crippen molar-refractivity contribution in [3.63, 3.8) is 0 Å². The van der Waals surface area contributed by atoms with Crippen molar-refractivity contribution in [3.05, 3.63) is 35.4 Å². The minimum Gasteiger partial charge on any atom is -0.366 e. The number of carbonyl (C=O) groups is 1. The van der Waals surface area contributed by atoms with Crippen molar-refractivity contribution in [1.29, 1.82) is 0 Å². The zero-order chi connectivity index (χ0) is 16.5. The maximum Gasteiger partial charge on any atom is 0.248 e. The third-order valence-corrected chi connectivity index (χ3v) is 4.48. The number of carbonyl (C=O) groups excluding carboxylic acids is 1. The van der Waals surface area contributed by atoms with E-state index in [9.17, 15) is 4.79 Å². The van der Waals surface area contributed by atoms with Gasteiger partial charge in [-0.25, -0.2) is 0 Å². The van der Waals surface area contributed by atoms with Crippen molar-refractivity contribution in [1.82, 2.24) is 10.6 Å². The molecule has 1 aliphatic rings. The lowest BCUT2D eigenvalue weighted by atomic mass is 10.0. The van der Waals surface area contributed by atoms with E-state index >= 15 is 0 Å². The fourth-order valence-corrected chi connectivity index (χ4v) is 3.09. The Morgan fingerprint density at radius 2 is 1.91 bits per heavy atom. The van der Waals surface area contributed by atoms with Gasteiger partial charge in [0.25, 0.3) is 0 Å². The largest absolute Gasteiger partial charge is 0.366 e. The third-order valence-electron chi connectivity index (χ3n) is 4.48. The van der Waals surface area contributed by atoms with Gasteiger partial charge in [-0.05, 0) is 36.5 Å². The van der Waals surface area contributed by atoms with Crippen LogP contribution < -0.4 is 16.4 Å². The van der Waals surface area contributed by atoms with Crippen molar-refractivity contribution in [2.45, 2.75) is 45.1 Å². The van der Waals surface area contributed by atoms with E-state index in [4.69, 9.17) is 5.73 Å². The van der Waals surface area contributed by atoms with E-state index in [1.165, 1.54) is 38.5 Å². The molecule has 2 rings (SSSR count). The summed E-state index contributed by atoms with van der Waals surface area (Å²) < 4.78 is 0. The summed E-state index contributed by atoms with van der Waals surface area (Å²) >= 11 is 0. The number of nitrogens with two attached hydrogens (primary N) is 1. The Kier molecular flexibility index (Phi) is 6.91. The number of rotatable bonds is 7. The first-order valence-electron chi connectivity index (χ1n) is 8.52. The highest BCUT2D eigenvalue weighted by Gasteiger charge is 2.13. The summed E-state index contributed by atoms with van der Waals surface area (Å²) in [5.41, 5.74) is 6.85. The average Bonchev–Trinajstić information content (AvgIpc) is 3.08. The summed E-state index contributed by atoms with van der Waals surface area (Å²) in [6.45, 7) is 1.62. The second-order valence-electron chi connectivity index (χ2n) is 6.21. The first-order chi connectivity index (χ1) is 11.2. The standard InChI is InChI=1S/C18H28N4O/c1-20-18(21-12-4-7-14-5-2-3-6-14)22-13-15-8-10-16(11-9-15)17(19)23/h8-11,14H,2-7,12-13H2,1H3,(H2,19,23)(H2,20,21,22). The van der Waals surface area contributed by atoms with Gasteiger partial charge in [-0.15, -0.1) is 0 Å². The first kappa shape index (κ1) is 17.3. The van der Waals surface area contributed by atoms with Crippen LogP contribution in [0.25, 0.3) is 0 Å². The predicted octanol–water partition coefficient (Wildman–Crippen LogP) is 2.42. The molecule has 23 heavy (non-hydrogen) atoms. The highest BCUT2D eigenvalue weighted by Crippen LogP contribution is 2.28. The predicted molar refractivity (Wildman–Crippen MR) is 94.4 cm³/mol. The summed E-state index contributed by atoms with van der Waals surface area (Å²) in [5, 5.41) is 6.64. The van der Waals surface area contributed by atoms with E-state index < -0.39 is 5.91 Å². The summed E-state index contributed by atoms with van der Waals surface area (Å²) in [5.74, 6) is 1.36. The van der Waals surface area contributed by atoms with Gasteiger partial charge in [0, 0.05) is 25.7 Å². The van der Waals surface area contributed by atoms with Crippen LogP contribution in [-0.2, 0) is 6.54 Å². The molecular weight excluding hydrogens is 288 g/mol. The van der Waals surface area contributed by atoms with Crippen LogP contribution in [0.2, 0.25) is 0 Å². The molecule has 0 atom stereocenters. The van der Waals surface area contributed by atoms with E-state index in [-0.39, 0.29) is 0 Å². The second kappa shape index (κ2) is 9.18. The maximum atomic E-state index is 11.0. The van der Waals surface area contributed by atoms with Crippen molar-refractivity contribution >= 4 is 11.9 Å². The smallest absolute Gasteiger partial charge is 0.248 e. The molecule has 1 fully saturated rings. The van der Waals surface area contributed by atoms with E-state index in [1.54, 1.807) is 19.2 Å². The number of hydrogen-bond donors (Lipinski definition) is 3. The number of primary amides is 1. The number of nitrogens with zero attached hydrogens (tertiary/aromatic N) is 1. The third kappa shape index (κ3) is 5.93. The molecule has 0 aromatic heterocycles. The molecule has 0 unspecified atom stereocenters. The zero-order valence-corrected chi connectivity index (χ0v) is 14.0. The molecular formula is C18H28N4O. The lowest BCUT2D eigenvalue weighted by Gasteiger charge is -2.13. The van der Waals surface area contributed by atoms with Crippen molar-refractivity contribution in [2.75, 3.05) is 13.6 Å². The molecule has 1 aromatic carbocycles. The van der Waals surface area contributed by atoms with E-state index in [0.717, 1.165) is 24.0 Å². The Bertz CT molecular complexity index is 518. The molecule has 1 amide bonds. The number of amides is 1. The molecule has 1 aromatic rings. The zero-order valence-electron chi connectivity index (χ0n) is 14.0. The Morgan fingerprint density at radius 1 is 1.22 bits per heavy atom. The van der Waals surface area contributed by atoms with Gasteiger partial charge >= 0.3 is 0 Å². The van der Waals surface area contributed by atoms with Gasteiger partial charge in [-0.2, -0.15) is 0 Å². The Labute approximate surface area is 138 Å². The highest BCUT2D eigenvalue weighted by molar-refractivity contribution is 5.92. The SMILES string of the molecule is CN=C(NCCCC1CCCC1)NCc1ccc(C(N)=O)cc1. The topological polar surface area (TPSA) is 79.5 Å². The second-order valence-corrected chi connectivity index (χ2v) is 6.21. The van der Waals surface area contributed by atoms with Gasteiger partial charge in [-0.1, -0.05) is 37.8 Å². The summed E-state index contributed by atoms with van der Waals surface area (Å²) in [4.78, 5) is 15.3. The Morgan fingerprint density at radius 3 is 2.52 bits per heavy atom. The molecule has 0 radical (unpaired) electrons. The number of hydrogen-bond acceptors (Lipinski definition) is 2. The molecule has 0 saturated heterocycles. The van der Waals surface area contributed by atoms with E-state index in [0.29, 0.717) is 12.1 Å². The lowest BCUT2D eigenvalue weighted by Crippen LogP contribution is -2.37. The molecule has 0 spiro atoms. The molecule has 0 bridgehead atoms. The molecule has 5 nitrogen and oxygen atoms in total. The normalized spacial score (nSPS) is 15.6. The van der Waals surface area contributed by atoms with Crippen LogP contribution in [0.15, 0.2) is 29.3 Å². The molecule has 0 heterocycles. The van der Waals surface area contributed by atoms with E-state index in [1.807, 2.05) is 12.1 Å². The van der Waals surface area contributed by atoms with Crippen LogP contribution in [0.3, 0.4) is 0 Å². The monoisotopic (exact) mass is 316 g/mol. The van der Waals surface area contributed by atoms with Crippen LogP contribution in [0.5, 0.6) is 0 Å². The fraction of sp³-hybridized carbons (Fsp3) is 0.556. The average molecular weight is 316 g/mol. The van der Waals surface area contributed by atoms with Crippen molar-refractivity contribution in [2.24, 2.45) is 16.6 Å². The van der Waals surface area contributed by atoms with Crippen LogP contribution >= 0.6 is 0 Å². The van der Waals surface area contributed by atoms with Crippen LogP contribution in [0, 0.1) is 5.92 Å². The fourth-order valence-electron chi connectivity index (χ4n) is 3.09. The van der Waals surface area contributed by atoms with Gasteiger partial charge in [0.1, 0.15) is 0 Å². The van der Waals surface area contributed by atoms with Crippen LogP contribution in [0.1, 0.15) is 54.4 Å². The number of nitrogens with one attached hydrogen (secondary N) is 2. The van der Waals surface area contributed by atoms with Crippen LogP contribution in [0.4, 0.5) is 0 Å². The van der Waals surface area contributed by atoms with Crippen molar-refractivity contribution in [3.8, 4) is 0 Å². The lowest BCUT2D eigenvalue weighted by molar-refractivity contribution is 0.100. The van der Waals surface area contributed by atoms with Crippen LogP contribution in [-0.4, -0.2) is 25.5 Å². The Balaban J connectivity index is 1.66. The molecule has 5 heteroatoms. The summed E-state index contributed by atoms with van der Waals surface area (Å²) in [7, 11) is 1.78. The minimum atomic E-state index is -0.399. The maximum absolute atomic E-state index is 11.0. The molecule has 1 saturated carbocycles. The minimum absolute atomic E-state index is 0.399. The van der Waals surface area contributed by atoms with Gasteiger partial charge < -0.3 is 16.4 Å². The first-order valence-corrected chi connectivity index (χ1v) is 8.52. The number of benzene rings is 1. The molecule has 1 aliphatic carbocycles. The van der Waals surface area contributed by atoms with Gasteiger partial charge in [0.05, 0.1) is 0 Å². The Hall–Kier alpha value is -2.04. The van der Waals surface area contributed by atoms with Gasteiger partial charge in [0.2, 0.25) is 5.91 Å². The number of aliphatic imine (C=N–C) groups is 1. The van der Waals surface area contributed by atoms with Gasteiger partial charge in [-0.3, -0.25) is 9.79 Å². The molecule has 126 valence electrons. The summed E-state index contributed by atoms with van der Waals surface area (Å²) in [6, 6.07) is 7.30.